The zero-order valence-corrected chi connectivity index (χ0v) is 17.8. The molecule has 4 aliphatic carbocycles. The third kappa shape index (κ3) is 3.59. The van der Waals surface area contributed by atoms with Gasteiger partial charge >= 0.3 is 6.03 Å². The van der Waals surface area contributed by atoms with Crippen molar-refractivity contribution >= 4 is 27.8 Å². The largest absolute Gasteiger partial charge is 0.332 e. The monoisotopic (exact) mass is 442 g/mol. The van der Waals surface area contributed by atoms with E-state index in [9.17, 15) is 4.79 Å². The number of benzene rings is 1. The van der Waals surface area contributed by atoms with Crippen LogP contribution in [-0.4, -0.2) is 21.4 Å². The van der Waals surface area contributed by atoms with E-state index in [4.69, 9.17) is 0 Å². The number of anilines is 1. The first kappa shape index (κ1) is 18.2. The molecule has 28 heavy (non-hydrogen) atoms. The summed E-state index contributed by atoms with van der Waals surface area (Å²) in [4.78, 5) is 12.8. The molecule has 148 valence electrons. The minimum absolute atomic E-state index is 0.00970. The normalized spacial score (nSPS) is 30.4. The molecule has 1 aromatic heterocycles. The Balaban J connectivity index is 1.24. The van der Waals surface area contributed by atoms with E-state index >= 15 is 0 Å². The number of hydrogen-bond donors (Lipinski definition) is 2. The maximum atomic E-state index is 12.8. The Hall–Kier alpha value is -1.82. The Bertz CT molecular complexity index is 853. The summed E-state index contributed by atoms with van der Waals surface area (Å²) in [6.07, 6.45) is 9.48. The second-order valence-electron chi connectivity index (χ2n) is 9.29. The lowest BCUT2D eigenvalue weighted by Gasteiger charge is -2.56. The number of carbonyl (C=O) groups excluding carboxylic acids is 1. The summed E-state index contributed by atoms with van der Waals surface area (Å²) in [5, 5.41) is 10.9. The predicted molar refractivity (Wildman–Crippen MR) is 113 cm³/mol. The van der Waals surface area contributed by atoms with Crippen LogP contribution in [0, 0.1) is 24.7 Å². The van der Waals surface area contributed by atoms with E-state index in [0.29, 0.717) is 12.4 Å². The summed E-state index contributed by atoms with van der Waals surface area (Å²) in [5.74, 6) is 3.01. The molecule has 6 heteroatoms. The average Bonchev–Trinajstić information content (AvgIpc) is 2.94. The zero-order valence-electron chi connectivity index (χ0n) is 16.2. The Kier molecular flexibility index (Phi) is 4.49. The second kappa shape index (κ2) is 6.90. The molecular weight excluding hydrogens is 416 g/mol. The van der Waals surface area contributed by atoms with Crippen molar-refractivity contribution in [3.8, 4) is 0 Å². The molecule has 4 aliphatic rings. The van der Waals surface area contributed by atoms with Crippen molar-refractivity contribution in [1.82, 2.24) is 15.1 Å². The maximum absolute atomic E-state index is 12.8. The van der Waals surface area contributed by atoms with Gasteiger partial charge in [-0.1, -0.05) is 29.8 Å². The van der Waals surface area contributed by atoms with Crippen LogP contribution < -0.4 is 10.6 Å². The van der Waals surface area contributed by atoms with Gasteiger partial charge in [0, 0.05) is 11.7 Å². The van der Waals surface area contributed by atoms with Gasteiger partial charge in [0.05, 0.1) is 11.0 Å². The highest BCUT2D eigenvalue weighted by Crippen LogP contribution is 2.55. The molecule has 2 N–H and O–H groups in total. The summed E-state index contributed by atoms with van der Waals surface area (Å²) < 4.78 is 2.66. The Morgan fingerprint density at radius 1 is 1.14 bits per heavy atom. The maximum Gasteiger partial charge on any atom is 0.320 e. The van der Waals surface area contributed by atoms with E-state index in [0.717, 1.165) is 41.5 Å². The average molecular weight is 443 g/mol. The molecule has 2 aromatic rings. The van der Waals surface area contributed by atoms with E-state index in [1.54, 1.807) is 0 Å². The summed E-state index contributed by atoms with van der Waals surface area (Å²) >= 11 is 3.54. The van der Waals surface area contributed by atoms with Crippen molar-refractivity contribution in [2.24, 2.45) is 17.8 Å². The number of nitrogens with zero attached hydrogens (tertiary/aromatic N) is 2. The van der Waals surface area contributed by atoms with Crippen molar-refractivity contribution in [2.75, 3.05) is 5.32 Å². The van der Waals surface area contributed by atoms with Gasteiger partial charge in [-0.2, -0.15) is 5.10 Å². The fourth-order valence-electron chi connectivity index (χ4n) is 6.09. The van der Waals surface area contributed by atoms with Gasteiger partial charge in [-0.3, -0.25) is 10.00 Å². The highest BCUT2D eigenvalue weighted by Gasteiger charge is 2.51. The molecule has 0 aliphatic heterocycles. The van der Waals surface area contributed by atoms with Crippen LogP contribution in [0.2, 0.25) is 0 Å². The van der Waals surface area contributed by atoms with Gasteiger partial charge in [0.15, 0.2) is 5.82 Å². The molecule has 0 unspecified atom stereocenters. The van der Waals surface area contributed by atoms with E-state index in [2.05, 4.69) is 62.9 Å². The van der Waals surface area contributed by atoms with Gasteiger partial charge in [0.1, 0.15) is 0 Å². The smallest absolute Gasteiger partial charge is 0.320 e. The van der Waals surface area contributed by atoms with Crippen molar-refractivity contribution in [1.29, 1.82) is 0 Å². The summed E-state index contributed by atoms with van der Waals surface area (Å²) in [6, 6.07) is 8.30. The molecule has 0 spiro atoms. The lowest BCUT2D eigenvalue weighted by atomic mass is 9.53. The minimum Gasteiger partial charge on any atom is -0.332 e. The first-order chi connectivity index (χ1) is 13.5. The summed E-state index contributed by atoms with van der Waals surface area (Å²) in [6.45, 7) is 2.76. The Morgan fingerprint density at radius 3 is 2.36 bits per heavy atom. The number of amides is 2. The molecule has 4 fully saturated rings. The van der Waals surface area contributed by atoms with Crippen LogP contribution >= 0.6 is 15.9 Å². The van der Waals surface area contributed by atoms with Crippen LogP contribution in [0.4, 0.5) is 10.6 Å². The van der Waals surface area contributed by atoms with Gasteiger partial charge in [-0.15, -0.1) is 0 Å². The molecule has 1 aromatic carbocycles. The number of halogens is 1. The number of hydrogen-bond acceptors (Lipinski definition) is 2. The molecule has 0 atom stereocenters. The number of rotatable bonds is 4. The molecule has 5 nitrogen and oxygen atoms in total. The minimum atomic E-state index is -0.122. The Morgan fingerprint density at radius 2 is 1.75 bits per heavy atom. The standard InChI is InChI=1S/C22H27BrN4O/c1-14-2-4-15(5-3-14)12-27-13-19(23)20(26-27)24-21(28)25-22-9-16-6-17(10-22)8-18(7-16)11-22/h2-5,13,16-18H,6-12H2,1H3,(H2,24,25,26,28). The Labute approximate surface area is 174 Å². The number of carbonyl (C=O) groups is 1. The van der Waals surface area contributed by atoms with Gasteiger partial charge in [-0.05, 0) is 84.7 Å². The highest BCUT2D eigenvalue weighted by molar-refractivity contribution is 9.10. The van der Waals surface area contributed by atoms with Crippen LogP contribution in [0.15, 0.2) is 34.9 Å². The van der Waals surface area contributed by atoms with E-state index in [1.165, 1.54) is 30.4 Å². The second-order valence-corrected chi connectivity index (χ2v) is 10.1. The topological polar surface area (TPSA) is 59.0 Å². The summed E-state index contributed by atoms with van der Waals surface area (Å²) in [5.41, 5.74) is 2.44. The first-order valence-electron chi connectivity index (χ1n) is 10.3. The van der Waals surface area contributed by atoms with Crippen molar-refractivity contribution in [2.45, 2.75) is 57.5 Å². The molecule has 6 rings (SSSR count). The third-order valence-electron chi connectivity index (χ3n) is 6.83. The van der Waals surface area contributed by atoms with E-state index in [-0.39, 0.29) is 11.6 Å². The van der Waals surface area contributed by atoms with Gasteiger partial charge in [-0.25, -0.2) is 4.79 Å². The van der Waals surface area contributed by atoms with Crippen molar-refractivity contribution < 1.29 is 4.79 Å². The third-order valence-corrected chi connectivity index (χ3v) is 7.41. The van der Waals surface area contributed by atoms with Gasteiger partial charge in [0.2, 0.25) is 0 Å². The van der Waals surface area contributed by atoms with Crippen molar-refractivity contribution in [3.05, 3.63) is 46.1 Å². The van der Waals surface area contributed by atoms with Gasteiger partial charge in [0.25, 0.3) is 0 Å². The van der Waals surface area contributed by atoms with Crippen LogP contribution in [0.3, 0.4) is 0 Å². The summed E-state index contributed by atoms with van der Waals surface area (Å²) in [7, 11) is 0. The molecule has 0 radical (unpaired) electrons. The number of aromatic nitrogens is 2. The highest BCUT2D eigenvalue weighted by atomic mass is 79.9. The van der Waals surface area contributed by atoms with E-state index < -0.39 is 0 Å². The molecule has 0 saturated heterocycles. The molecular formula is C22H27BrN4O. The number of urea groups is 1. The number of aryl methyl sites for hydroxylation is 1. The van der Waals surface area contributed by atoms with E-state index in [1.807, 2.05) is 10.9 Å². The lowest BCUT2D eigenvalue weighted by molar-refractivity contribution is -0.0127. The molecule has 2 amide bonds. The van der Waals surface area contributed by atoms with Crippen LogP contribution in [0.1, 0.15) is 49.7 Å². The zero-order chi connectivity index (χ0) is 19.3. The molecule has 4 saturated carbocycles. The predicted octanol–water partition coefficient (Wildman–Crippen LogP) is 5.09. The fraction of sp³-hybridized carbons (Fsp3) is 0.545. The van der Waals surface area contributed by atoms with Gasteiger partial charge < -0.3 is 5.32 Å². The first-order valence-corrected chi connectivity index (χ1v) is 11.1. The van der Waals surface area contributed by atoms with Crippen LogP contribution in [0.25, 0.3) is 0 Å². The fourth-order valence-corrected chi connectivity index (χ4v) is 6.50. The van der Waals surface area contributed by atoms with Crippen LogP contribution in [0.5, 0.6) is 0 Å². The quantitative estimate of drug-likeness (QED) is 0.692. The molecule has 1 heterocycles. The molecule has 4 bridgehead atoms. The SMILES string of the molecule is Cc1ccc(Cn2cc(Br)c(NC(=O)NC34CC5CC(CC(C5)C3)C4)n2)cc1. The van der Waals surface area contributed by atoms with Crippen LogP contribution in [-0.2, 0) is 6.54 Å². The van der Waals surface area contributed by atoms with Crippen molar-refractivity contribution in [3.63, 3.8) is 0 Å². The number of nitrogens with one attached hydrogen (secondary N) is 2. The lowest BCUT2D eigenvalue weighted by Crippen LogP contribution is -2.60.